The zero-order valence-electron chi connectivity index (χ0n) is 5.41. The minimum absolute atomic E-state index is 0. The number of thiazole rings is 1. The molecule has 0 spiro atoms. The molecule has 0 saturated heterocycles. The molecule has 0 saturated carbocycles. The molecule has 0 amide bonds. The van der Waals surface area contributed by atoms with E-state index >= 15 is 0 Å². The smallest absolute Gasteiger partial charge is 0.0600 e. The van der Waals surface area contributed by atoms with Gasteiger partial charge in [0.05, 0.1) is 5.52 Å². The Morgan fingerprint density at radius 3 is 2.73 bits per heavy atom. The normalized spacial score (nSPS) is 9.45. The second kappa shape index (κ2) is 3.57. The van der Waals surface area contributed by atoms with E-state index in [1.54, 1.807) is 11.3 Å². The number of para-hydroxylation sites is 1. The second-order valence-corrected chi connectivity index (χ2v) is 3.62. The molecule has 1 aromatic heterocycles. The van der Waals surface area contributed by atoms with Crippen LogP contribution in [0.2, 0.25) is 0 Å². The van der Waals surface area contributed by atoms with Gasteiger partial charge in [-0.1, -0.05) is 18.2 Å². The fraction of sp³-hybridized carbons (Fsp3) is 0. The van der Waals surface area contributed by atoms with E-state index in [2.05, 4.69) is 4.98 Å². The van der Waals surface area contributed by atoms with E-state index in [1.807, 2.05) is 24.3 Å². The Morgan fingerprint density at radius 1 is 1.27 bits per heavy atom. The van der Waals surface area contributed by atoms with E-state index in [0.29, 0.717) is 0 Å². The first-order valence-corrected chi connectivity index (χ1v) is 4.11. The van der Waals surface area contributed by atoms with E-state index < -0.39 is 0 Å². The van der Waals surface area contributed by atoms with Gasteiger partial charge in [0.2, 0.25) is 0 Å². The van der Waals surface area contributed by atoms with Crippen LogP contribution in [0, 0.1) is 0 Å². The first-order valence-electron chi connectivity index (χ1n) is 2.89. The average molecular weight is 269 g/mol. The molecule has 0 aliphatic rings. The van der Waals surface area contributed by atoms with Crippen LogP contribution in [0.25, 0.3) is 10.2 Å². The Balaban J connectivity index is 0.000000605. The summed E-state index contributed by atoms with van der Waals surface area (Å²) in [6.07, 6.45) is 0. The Kier molecular flexibility index (Phi) is 2.93. The maximum absolute atomic E-state index is 4.92. The summed E-state index contributed by atoms with van der Waals surface area (Å²) in [5.74, 6) is 0. The fourth-order valence-corrected chi connectivity index (χ4v) is 1.92. The summed E-state index contributed by atoms with van der Waals surface area (Å²) in [6, 6.07) is 7.97. The van der Waals surface area contributed by atoms with Crippen molar-refractivity contribution in [3.05, 3.63) is 24.3 Å². The van der Waals surface area contributed by atoms with Crippen LogP contribution in [-0.2, 0) is 32.1 Å². The Bertz CT molecular complexity index is 325. The van der Waals surface area contributed by atoms with Gasteiger partial charge < -0.3 is 24.0 Å². The van der Waals surface area contributed by atoms with Crippen molar-refractivity contribution in [2.24, 2.45) is 0 Å². The van der Waals surface area contributed by atoms with Crippen LogP contribution in [-0.4, -0.2) is 4.98 Å². The molecule has 1 heterocycles. The first-order chi connectivity index (χ1) is 4.86. The molecule has 0 unspecified atom stereocenters. The van der Waals surface area contributed by atoms with Gasteiger partial charge in [-0.3, -0.25) is 4.98 Å². The van der Waals surface area contributed by atoms with Crippen LogP contribution < -0.4 is 0 Å². The molecule has 2 rings (SSSR count). The number of hydrogen-bond donors (Lipinski definition) is 0. The third kappa shape index (κ3) is 1.75. The molecule has 59 valence electrons. The summed E-state index contributed by atoms with van der Waals surface area (Å²) in [5.41, 5.74) is 1.01. The van der Waals surface area contributed by atoms with Crippen molar-refractivity contribution in [2.75, 3.05) is 0 Å². The number of rotatable bonds is 0. The molecule has 0 fully saturated rings. The van der Waals surface area contributed by atoms with Crippen molar-refractivity contribution in [1.82, 2.24) is 4.98 Å². The Labute approximate surface area is 87.0 Å². The predicted octanol–water partition coefficient (Wildman–Crippen LogP) is 2.20. The van der Waals surface area contributed by atoms with Crippen LogP contribution in [0.5, 0.6) is 0 Å². The predicted molar refractivity (Wildman–Crippen MR) is 45.3 cm³/mol. The minimum atomic E-state index is 0. The van der Waals surface area contributed by atoms with Gasteiger partial charge in [0, 0.05) is 19.5 Å². The van der Waals surface area contributed by atoms with E-state index in [-0.39, 0.29) is 19.5 Å². The molecule has 0 aliphatic heterocycles. The zero-order chi connectivity index (χ0) is 6.97. The molecular weight excluding hydrogens is 265 g/mol. The third-order valence-corrected chi connectivity index (χ3v) is 2.45. The van der Waals surface area contributed by atoms with Crippen LogP contribution in [0.15, 0.2) is 28.6 Å². The van der Waals surface area contributed by atoms with Crippen LogP contribution in [0.1, 0.15) is 0 Å². The van der Waals surface area contributed by atoms with Gasteiger partial charge in [0.25, 0.3) is 0 Å². The summed E-state index contributed by atoms with van der Waals surface area (Å²) < 4.78 is 1.90. The summed E-state index contributed by atoms with van der Waals surface area (Å²) in [4.78, 5) is 4.15. The minimum Gasteiger partial charge on any atom is -0.408 e. The van der Waals surface area contributed by atoms with Crippen molar-refractivity contribution in [1.29, 1.82) is 0 Å². The average Bonchev–Trinajstić information content (AvgIpc) is 2.27. The molecule has 0 aliphatic carbocycles. The molecule has 2 aromatic rings. The van der Waals surface area contributed by atoms with Crippen LogP contribution in [0.4, 0.5) is 0 Å². The SMILES string of the molecule is [Rh].[S-]c1nc2ccccc2s1. The van der Waals surface area contributed by atoms with Gasteiger partial charge in [0.1, 0.15) is 0 Å². The van der Waals surface area contributed by atoms with E-state index in [1.165, 1.54) is 4.70 Å². The zero-order valence-corrected chi connectivity index (χ0v) is 8.68. The van der Waals surface area contributed by atoms with Crippen molar-refractivity contribution < 1.29 is 19.5 Å². The number of aromatic nitrogens is 1. The fourth-order valence-electron chi connectivity index (χ4n) is 0.851. The second-order valence-electron chi connectivity index (χ2n) is 1.95. The maximum Gasteiger partial charge on any atom is 0.0600 e. The topological polar surface area (TPSA) is 12.9 Å². The molecule has 1 aromatic carbocycles. The van der Waals surface area contributed by atoms with Crippen LogP contribution >= 0.6 is 11.3 Å². The Hall–Kier alpha value is -0.0466. The van der Waals surface area contributed by atoms with Crippen molar-refractivity contribution in [3.63, 3.8) is 0 Å². The molecule has 11 heavy (non-hydrogen) atoms. The number of nitrogens with zero attached hydrogens (tertiary/aromatic N) is 1. The van der Waals surface area contributed by atoms with Gasteiger partial charge in [-0.2, -0.15) is 0 Å². The molecule has 0 N–H and O–H groups in total. The van der Waals surface area contributed by atoms with E-state index in [0.717, 1.165) is 9.86 Å². The van der Waals surface area contributed by atoms with Gasteiger partial charge >= 0.3 is 0 Å². The molecular formula is C7H4NRhS2-. The van der Waals surface area contributed by atoms with Crippen LogP contribution in [0.3, 0.4) is 0 Å². The van der Waals surface area contributed by atoms with Gasteiger partial charge in [-0.15, -0.1) is 0 Å². The van der Waals surface area contributed by atoms with Crippen molar-refractivity contribution in [3.8, 4) is 0 Å². The molecule has 1 radical (unpaired) electrons. The first kappa shape index (κ1) is 9.04. The van der Waals surface area contributed by atoms with E-state index in [9.17, 15) is 0 Å². The molecule has 0 atom stereocenters. The summed E-state index contributed by atoms with van der Waals surface area (Å²) in [5, 5.41) is 0. The molecule has 1 nitrogen and oxygen atoms in total. The van der Waals surface area contributed by atoms with E-state index in [4.69, 9.17) is 12.6 Å². The summed E-state index contributed by atoms with van der Waals surface area (Å²) in [6.45, 7) is 0. The number of benzene rings is 1. The van der Waals surface area contributed by atoms with Crippen molar-refractivity contribution in [2.45, 2.75) is 4.34 Å². The van der Waals surface area contributed by atoms with Gasteiger partial charge in [-0.25, -0.2) is 0 Å². The molecule has 4 heteroatoms. The molecule has 0 bridgehead atoms. The largest absolute Gasteiger partial charge is 0.408 e. The number of fused-ring (bicyclic) bond motifs is 1. The Morgan fingerprint density at radius 2 is 2.00 bits per heavy atom. The summed E-state index contributed by atoms with van der Waals surface area (Å²) in [7, 11) is 0. The number of hydrogen-bond acceptors (Lipinski definition) is 3. The quantitative estimate of drug-likeness (QED) is 0.537. The van der Waals surface area contributed by atoms with Gasteiger partial charge in [-0.05, 0) is 15.1 Å². The van der Waals surface area contributed by atoms with Gasteiger partial charge in [0.15, 0.2) is 0 Å². The van der Waals surface area contributed by atoms with Crippen molar-refractivity contribution >= 4 is 34.2 Å². The maximum atomic E-state index is 4.92. The standard InChI is InChI=1S/C7H5NS2.Rh/c9-7-8-5-3-1-2-4-6(5)10-7;/h1-4H,(H,8,9);/p-1. The summed E-state index contributed by atoms with van der Waals surface area (Å²) >= 11 is 6.48. The third-order valence-electron chi connectivity index (χ3n) is 1.27. The monoisotopic (exact) mass is 269 g/mol.